The maximum absolute atomic E-state index is 12.9. The fourth-order valence-electron chi connectivity index (χ4n) is 4.50. The van der Waals surface area contributed by atoms with Crippen LogP contribution in [-0.4, -0.2) is 33.9 Å². The van der Waals surface area contributed by atoms with Crippen LogP contribution >= 0.6 is 11.3 Å². The minimum absolute atomic E-state index is 0.0229. The summed E-state index contributed by atoms with van der Waals surface area (Å²) in [6.45, 7) is 8.01. The van der Waals surface area contributed by atoms with Crippen molar-refractivity contribution < 1.29 is 4.79 Å². The number of fused-ring (bicyclic) bond motifs is 1. The summed E-state index contributed by atoms with van der Waals surface area (Å²) in [6, 6.07) is 8.65. The minimum Gasteiger partial charge on any atom is -0.347 e. The van der Waals surface area contributed by atoms with Crippen LogP contribution in [0.25, 0.3) is 10.2 Å². The van der Waals surface area contributed by atoms with Crippen molar-refractivity contribution >= 4 is 27.5 Å². The van der Waals surface area contributed by atoms with Crippen LogP contribution in [0, 0.1) is 13.8 Å². The molecular weight excluding hydrogens is 404 g/mol. The van der Waals surface area contributed by atoms with Gasteiger partial charge in [0.05, 0.1) is 10.6 Å². The van der Waals surface area contributed by atoms with Gasteiger partial charge in [0.15, 0.2) is 0 Å². The van der Waals surface area contributed by atoms with Crippen molar-refractivity contribution in [2.75, 3.05) is 13.1 Å². The number of piperidine rings is 1. The number of hydrogen-bond donors (Lipinski definition) is 1. The number of aromatic nitrogens is 2. The van der Waals surface area contributed by atoms with Gasteiger partial charge in [0.25, 0.3) is 5.91 Å². The van der Waals surface area contributed by atoms with Gasteiger partial charge < -0.3 is 5.32 Å². The van der Waals surface area contributed by atoms with E-state index < -0.39 is 0 Å². The van der Waals surface area contributed by atoms with Crippen molar-refractivity contribution in [3.8, 4) is 0 Å². The summed E-state index contributed by atoms with van der Waals surface area (Å²) in [5.41, 5.74) is 4.46. The second-order valence-corrected chi connectivity index (χ2v) is 10.0. The zero-order chi connectivity index (χ0) is 21.4. The fraction of sp³-hybridized carbons (Fsp3) is 0.480. The van der Waals surface area contributed by atoms with E-state index in [2.05, 4.69) is 34.5 Å². The highest BCUT2D eigenvalue weighted by atomic mass is 32.1. The van der Waals surface area contributed by atoms with E-state index >= 15 is 0 Å². The number of hydrogen-bond acceptors (Lipinski definition) is 5. The molecule has 1 aliphatic carbocycles. The number of rotatable bonds is 6. The van der Waals surface area contributed by atoms with Gasteiger partial charge in [-0.2, -0.15) is 0 Å². The molecule has 0 unspecified atom stereocenters. The molecule has 0 radical (unpaired) electrons. The lowest BCUT2D eigenvalue weighted by Crippen LogP contribution is -2.29. The Morgan fingerprint density at radius 2 is 1.77 bits per heavy atom. The van der Waals surface area contributed by atoms with Crippen LogP contribution < -0.4 is 5.32 Å². The molecule has 1 saturated carbocycles. The molecular formula is C25H30N4OS. The number of nitrogens with zero attached hydrogens (tertiary/aromatic N) is 3. The second kappa shape index (κ2) is 8.67. The van der Waals surface area contributed by atoms with E-state index in [0.29, 0.717) is 12.5 Å². The summed E-state index contributed by atoms with van der Waals surface area (Å²) < 4.78 is 0. The Kier molecular flexibility index (Phi) is 5.76. The highest BCUT2D eigenvalue weighted by molar-refractivity contribution is 7.20. The largest absolute Gasteiger partial charge is 0.347 e. The van der Waals surface area contributed by atoms with Gasteiger partial charge in [-0.1, -0.05) is 30.7 Å². The van der Waals surface area contributed by atoms with Gasteiger partial charge in [0.1, 0.15) is 10.7 Å². The van der Waals surface area contributed by atoms with Crippen molar-refractivity contribution in [1.82, 2.24) is 20.2 Å². The number of likely N-dealkylation sites (tertiary alicyclic amines) is 1. The molecule has 5 nitrogen and oxygen atoms in total. The molecule has 162 valence electrons. The molecule has 31 heavy (non-hydrogen) atoms. The Labute approximate surface area is 187 Å². The van der Waals surface area contributed by atoms with Gasteiger partial charge in [0, 0.05) is 24.4 Å². The minimum atomic E-state index is -0.0229. The van der Waals surface area contributed by atoms with Crippen molar-refractivity contribution in [1.29, 1.82) is 0 Å². The lowest BCUT2D eigenvalue weighted by atomic mass is 10.1. The number of nitrogens with one attached hydrogen (secondary N) is 1. The molecule has 5 rings (SSSR count). The highest BCUT2D eigenvalue weighted by Crippen LogP contribution is 2.40. The molecule has 2 aliphatic rings. The summed E-state index contributed by atoms with van der Waals surface area (Å²) in [5, 5.41) is 4.14. The molecule has 2 aromatic heterocycles. The molecule has 6 heteroatoms. The van der Waals surface area contributed by atoms with Crippen LogP contribution in [0.1, 0.15) is 75.9 Å². The van der Waals surface area contributed by atoms with Gasteiger partial charge in [-0.05, 0) is 69.3 Å². The Morgan fingerprint density at radius 3 is 2.48 bits per heavy atom. The molecule has 3 heterocycles. The first-order valence-electron chi connectivity index (χ1n) is 11.4. The van der Waals surface area contributed by atoms with Crippen molar-refractivity contribution in [3.63, 3.8) is 0 Å². The van der Waals surface area contributed by atoms with Crippen molar-refractivity contribution in [2.45, 2.75) is 65.0 Å². The van der Waals surface area contributed by atoms with E-state index in [9.17, 15) is 4.79 Å². The first kappa shape index (κ1) is 20.6. The van der Waals surface area contributed by atoms with E-state index in [0.717, 1.165) is 44.3 Å². The zero-order valence-corrected chi connectivity index (χ0v) is 19.2. The number of carbonyl (C=O) groups excluding carboxylic acids is 1. The number of thiophene rings is 1. The normalized spacial score (nSPS) is 17.2. The van der Waals surface area contributed by atoms with E-state index in [1.54, 1.807) is 0 Å². The molecule has 2 fully saturated rings. The van der Waals surface area contributed by atoms with E-state index in [1.807, 2.05) is 13.8 Å². The van der Waals surface area contributed by atoms with Crippen LogP contribution in [0.3, 0.4) is 0 Å². The molecule has 1 aromatic carbocycles. The molecule has 1 saturated heterocycles. The van der Waals surface area contributed by atoms with Gasteiger partial charge in [-0.15, -0.1) is 11.3 Å². The third-order valence-corrected chi connectivity index (χ3v) is 7.65. The third-order valence-electron chi connectivity index (χ3n) is 6.47. The monoisotopic (exact) mass is 434 g/mol. The SMILES string of the molecule is Cc1nc(C2CC2)nc2sc(C(=O)NCc3ccc(CN4CCCCC4)cc3)c(C)c12. The van der Waals surface area contributed by atoms with Crippen LogP contribution in [0.15, 0.2) is 24.3 Å². The van der Waals surface area contributed by atoms with Crippen LogP contribution in [0.5, 0.6) is 0 Å². The van der Waals surface area contributed by atoms with Gasteiger partial charge in [-0.3, -0.25) is 9.69 Å². The van der Waals surface area contributed by atoms with Crippen LogP contribution in [0.2, 0.25) is 0 Å². The predicted octanol–water partition coefficient (Wildman–Crippen LogP) is 5.10. The lowest BCUT2D eigenvalue weighted by Gasteiger charge is -2.26. The Morgan fingerprint density at radius 1 is 1.06 bits per heavy atom. The van der Waals surface area contributed by atoms with Crippen LogP contribution in [0.4, 0.5) is 0 Å². The summed E-state index contributed by atoms with van der Waals surface area (Å²) in [6.07, 6.45) is 6.35. The molecule has 1 N–H and O–H groups in total. The highest BCUT2D eigenvalue weighted by Gasteiger charge is 2.28. The summed E-state index contributed by atoms with van der Waals surface area (Å²) in [4.78, 5) is 26.6. The molecule has 0 bridgehead atoms. The number of carbonyl (C=O) groups is 1. The predicted molar refractivity (Wildman–Crippen MR) is 126 cm³/mol. The summed E-state index contributed by atoms with van der Waals surface area (Å²) in [7, 11) is 0. The zero-order valence-electron chi connectivity index (χ0n) is 18.4. The summed E-state index contributed by atoms with van der Waals surface area (Å²) >= 11 is 1.49. The Balaban J connectivity index is 1.24. The van der Waals surface area contributed by atoms with Gasteiger partial charge in [0.2, 0.25) is 0 Å². The quantitative estimate of drug-likeness (QED) is 0.586. The molecule has 0 atom stereocenters. The molecule has 1 aliphatic heterocycles. The number of amides is 1. The summed E-state index contributed by atoms with van der Waals surface area (Å²) in [5.74, 6) is 1.44. The Hall–Kier alpha value is -2.31. The fourth-order valence-corrected chi connectivity index (χ4v) is 5.66. The maximum atomic E-state index is 12.9. The van der Waals surface area contributed by atoms with E-state index in [4.69, 9.17) is 9.97 Å². The third kappa shape index (κ3) is 4.51. The van der Waals surface area contributed by atoms with Crippen LogP contribution in [-0.2, 0) is 13.1 Å². The average molecular weight is 435 g/mol. The number of benzene rings is 1. The molecule has 3 aromatic rings. The smallest absolute Gasteiger partial charge is 0.261 e. The van der Waals surface area contributed by atoms with Crippen molar-refractivity contribution in [3.05, 3.63) is 57.4 Å². The first-order chi connectivity index (χ1) is 15.1. The Bertz CT molecular complexity index is 1090. The standard InChI is InChI=1S/C25H30N4OS/c1-16-21-17(2)27-23(20-10-11-20)28-25(21)31-22(16)24(30)26-14-18-6-8-19(9-7-18)15-29-12-4-3-5-13-29/h6-9,20H,3-5,10-15H2,1-2H3,(H,26,30). The van der Waals surface area contributed by atoms with E-state index in [1.165, 1.54) is 62.1 Å². The molecule has 1 amide bonds. The topological polar surface area (TPSA) is 58.1 Å². The van der Waals surface area contributed by atoms with Crippen molar-refractivity contribution in [2.24, 2.45) is 0 Å². The van der Waals surface area contributed by atoms with E-state index in [-0.39, 0.29) is 5.91 Å². The van der Waals surface area contributed by atoms with Gasteiger partial charge in [-0.25, -0.2) is 9.97 Å². The van der Waals surface area contributed by atoms with Gasteiger partial charge >= 0.3 is 0 Å². The second-order valence-electron chi connectivity index (χ2n) is 9.01. The molecule has 0 spiro atoms. The lowest BCUT2D eigenvalue weighted by molar-refractivity contribution is 0.0954. The maximum Gasteiger partial charge on any atom is 0.261 e. The number of aryl methyl sites for hydroxylation is 2. The first-order valence-corrected chi connectivity index (χ1v) is 12.3. The average Bonchev–Trinajstić information content (AvgIpc) is 3.57.